The van der Waals surface area contributed by atoms with Crippen molar-refractivity contribution in [2.45, 2.75) is 0 Å². The van der Waals surface area contributed by atoms with Crippen molar-refractivity contribution >= 4 is 45.9 Å². The van der Waals surface area contributed by atoms with Crippen molar-refractivity contribution in [1.29, 1.82) is 5.26 Å². The van der Waals surface area contributed by atoms with E-state index in [1.807, 2.05) is 28.7 Å². The van der Waals surface area contributed by atoms with Crippen molar-refractivity contribution in [3.8, 4) is 6.07 Å². The minimum absolute atomic E-state index is 0.0206. The van der Waals surface area contributed by atoms with Gasteiger partial charge in [-0.1, -0.05) is 35.2 Å². The Balaban J connectivity index is 3.39. The Morgan fingerprint density at radius 2 is 2.09 bits per heavy atom. The van der Waals surface area contributed by atoms with Crippen molar-refractivity contribution < 1.29 is 8.78 Å². The van der Waals surface area contributed by atoms with Gasteiger partial charge in [0.25, 0.3) is 0 Å². The number of nitrogens with one attached hydrogen (secondary N) is 1. The summed E-state index contributed by atoms with van der Waals surface area (Å²) in [6.07, 6.45) is 1.74. The van der Waals surface area contributed by atoms with Gasteiger partial charge in [-0.05, 0) is 18.4 Å². The molecule has 22 heavy (non-hydrogen) atoms. The monoisotopic (exact) mass is 434 g/mol. The Bertz CT molecular complexity index is 660. The van der Waals surface area contributed by atoms with Crippen LogP contribution >= 0.6 is 34.4 Å². The molecular formula is C14H13F2IN4S. The average molecular weight is 434 g/mol. The normalized spacial score (nSPS) is 12.4. The van der Waals surface area contributed by atoms with Crippen molar-refractivity contribution in [3.05, 3.63) is 52.7 Å². The van der Waals surface area contributed by atoms with Crippen molar-refractivity contribution in [1.82, 2.24) is 0 Å². The van der Waals surface area contributed by atoms with Crippen molar-refractivity contribution in [2.75, 3.05) is 16.0 Å². The smallest absolute Gasteiger partial charge is 0.151 e. The molecule has 0 aliphatic carbocycles. The van der Waals surface area contributed by atoms with Crippen LogP contribution in [0.5, 0.6) is 0 Å². The molecule has 4 nitrogen and oxygen atoms in total. The number of hydrogen-bond acceptors (Lipinski definition) is 4. The number of anilines is 1. The van der Waals surface area contributed by atoms with Gasteiger partial charge in [0.05, 0.1) is 5.03 Å². The van der Waals surface area contributed by atoms with E-state index in [2.05, 4.69) is 16.9 Å². The Morgan fingerprint density at radius 1 is 1.50 bits per heavy atom. The number of alkyl halides is 1. The third-order valence-corrected chi connectivity index (χ3v) is 3.88. The lowest BCUT2D eigenvalue weighted by molar-refractivity contribution is 0.591. The van der Waals surface area contributed by atoms with E-state index >= 15 is 0 Å². The number of amidine groups is 1. The maximum atomic E-state index is 13.8. The number of para-hydroxylation sites is 1. The summed E-state index contributed by atoms with van der Waals surface area (Å²) in [5.41, 5.74) is 5.65. The first kappa shape index (κ1) is 18.4. The van der Waals surface area contributed by atoms with Crippen LogP contribution in [0.1, 0.15) is 0 Å². The highest BCUT2D eigenvalue weighted by molar-refractivity contribution is 14.1. The molecule has 0 heterocycles. The van der Waals surface area contributed by atoms with Crippen LogP contribution in [-0.4, -0.2) is 16.5 Å². The molecule has 1 aromatic rings. The Kier molecular flexibility index (Phi) is 7.34. The van der Waals surface area contributed by atoms with Gasteiger partial charge in [0.2, 0.25) is 0 Å². The van der Waals surface area contributed by atoms with Crippen LogP contribution in [0.15, 0.2) is 46.1 Å². The number of hydrogen-bond donors (Lipinski definition) is 2. The van der Waals surface area contributed by atoms with Gasteiger partial charge >= 0.3 is 0 Å². The van der Waals surface area contributed by atoms with Crippen LogP contribution in [-0.2, 0) is 0 Å². The SMILES string of the molecule is C=C(N=C(Nc1c(F)cccc1F)/C(C#N)=C(\N)CI)SC. The zero-order valence-electron chi connectivity index (χ0n) is 11.7. The molecule has 0 saturated heterocycles. The molecule has 0 bridgehead atoms. The van der Waals surface area contributed by atoms with E-state index < -0.39 is 17.3 Å². The molecule has 0 atom stereocenters. The highest BCUT2D eigenvalue weighted by atomic mass is 127. The van der Waals surface area contributed by atoms with Gasteiger partial charge in [-0.2, -0.15) is 5.26 Å². The molecule has 116 valence electrons. The second-order valence-corrected chi connectivity index (χ2v) is 5.57. The number of nitrogens with zero attached hydrogens (tertiary/aromatic N) is 2. The molecule has 0 unspecified atom stereocenters. The molecule has 0 spiro atoms. The highest BCUT2D eigenvalue weighted by Crippen LogP contribution is 2.21. The summed E-state index contributed by atoms with van der Waals surface area (Å²) in [6.45, 7) is 3.67. The first-order chi connectivity index (χ1) is 10.4. The lowest BCUT2D eigenvalue weighted by Crippen LogP contribution is -2.20. The van der Waals surface area contributed by atoms with Gasteiger partial charge < -0.3 is 11.1 Å². The maximum Gasteiger partial charge on any atom is 0.151 e. The first-order valence-corrected chi connectivity index (χ1v) is 8.67. The standard InChI is InChI=1S/C14H13F2IN4S/c1-8(22-2)20-14(9(7-18)12(19)6-17)21-13-10(15)4-3-5-11(13)16/h3-5H,1,6,19H2,2H3,(H,20,21)/b12-9-. The Labute approximate surface area is 145 Å². The summed E-state index contributed by atoms with van der Waals surface area (Å²) >= 11 is 3.22. The fourth-order valence-corrected chi connectivity index (χ4v) is 1.96. The molecule has 1 aromatic carbocycles. The van der Waals surface area contributed by atoms with Crippen LogP contribution in [0, 0.1) is 23.0 Å². The fourth-order valence-electron chi connectivity index (χ4n) is 1.40. The molecule has 0 aromatic heterocycles. The van der Waals surface area contributed by atoms with Crippen LogP contribution in [0.2, 0.25) is 0 Å². The molecule has 3 N–H and O–H groups in total. The molecule has 8 heteroatoms. The fraction of sp³-hybridized carbons (Fsp3) is 0.143. The van der Waals surface area contributed by atoms with Crippen LogP contribution in [0.3, 0.4) is 0 Å². The third-order valence-electron chi connectivity index (χ3n) is 2.49. The molecule has 0 amide bonds. The second-order valence-electron chi connectivity index (χ2n) is 3.93. The van der Waals surface area contributed by atoms with Gasteiger partial charge in [0, 0.05) is 10.1 Å². The topological polar surface area (TPSA) is 74.2 Å². The molecule has 0 aliphatic heterocycles. The van der Waals surface area contributed by atoms with E-state index in [1.165, 1.54) is 17.8 Å². The van der Waals surface area contributed by atoms with Crippen molar-refractivity contribution in [3.63, 3.8) is 0 Å². The van der Waals surface area contributed by atoms with Crippen LogP contribution < -0.4 is 11.1 Å². The van der Waals surface area contributed by atoms with Gasteiger partial charge in [-0.3, -0.25) is 0 Å². The highest BCUT2D eigenvalue weighted by Gasteiger charge is 2.16. The molecular weight excluding hydrogens is 421 g/mol. The minimum atomic E-state index is -0.798. The summed E-state index contributed by atoms with van der Waals surface area (Å²) in [5.74, 6) is -1.64. The third kappa shape index (κ3) is 4.71. The number of thioether (sulfide) groups is 1. The van der Waals surface area contributed by atoms with E-state index in [9.17, 15) is 14.0 Å². The minimum Gasteiger partial charge on any atom is -0.400 e. The van der Waals surface area contributed by atoms with E-state index in [4.69, 9.17) is 5.73 Å². The number of benzene rings is 1. The summed E-state index contributed by atoms with van der Waals surface area (Å²) in [4.78, 5) is 4.09. The quantitative estimate of drug-likeness (QED) is 0.243. The van der Waals surface area contributed by atoms with Gasteiger partial charge in [0.1, 0.15) is 29.0 Å². The predicted octanol–water partition coefficient (Wildman–Crippen LogP) is 3.78. The van der Waals surface area contributed by atoms with E-state index in [0.29, 0.717) is 9.46 Å². The largest absolute Gasteiger partial charge is 0.400 e. The Hall–Kier alpha value is -1.60. The van der Waals surface area contributed by atoms with E-state index in [1.54, 1.807) is 6.26 Å². The molecule has 0 fully saturated rings. The Morgan fingerprint density at radius 3 is 2.55 bits per heavy atom. The summed E-state index contributed by atoms with van der Waals surface area (Å²) < 4.78 is 27.9. The molecule has 1 rings (SSSR count). The number of allylic oxidation sites excluding steroid dienone is 1. The number of aliphatic imine (C=N–C) groups is 1. The zero-order chi connectivity index (χ0) is 16.7. The van der Waals surface area contributed by atoms with Gasteiger partial charge in [-0.15, -0.1) is 11.8 Å². The molecule has 0 aliphatic rings. The van der Waals surface area contributed by atoms with E-state index in [0.717, 1.165) is 12.1 Å². The van der Waals surface area contributed by atoms with Gasteiger partial charge in [-0.25, -0.2) is 13.8 Å². The lowest BCUT2D eigenvalue weighted by atomic mass is 10.2. The summed E-state index contributed by atoms with van der Waals surface area (Å²) in [5, 5.41) is 12.1. The second kappa shape index (κ2) is 8.75. The summed E-state index contributed by atoms with van der Waals surface area (Å²) in [6, 6.07) is 5.35. The summed E-state index contributed by atoms with van der Waals surface area (Å²) in [7, 11) is 0. The van der Waals surface area contributed by atoms with E-state index in [-0.39, 0.29) is 17.1 Å². The molecule has 0 radical (unpaired) electrons. The lowest BCUT2D eigenvalue weighted by Gasteiger charge is -2.12. The first-order valence-electron chi connectivity index (χ1n) is 5.92. The number of nitrogens with two attached hydrogens (primary N) is 1. The van der Waals surface area contributed by atoms with Gasteiger partial charge in [0.15, 0.2) is 5.84 Å². The van der Waals surface area contributed by atoms with Crippen molar-refractivity contribution in [2.24, 2.45) is 10.7 Å². The van der Waals surface area contributed by atoms with Crippen LogP contribution in [0.25, 0.3) is 0 Å². The maximum absolute atomic E-state index is 13.8. The zero-order valence-corrected chi connectivity index (χ0v) is 14.6. The van der Waals surface area contributed by atoms with Crippen LogP contribution in [0.4, 0.5) is 14.5 Å². The number of nitriles is 1. The molecule has 0 saturated carbocycles. The number of rotatable bonds is 5. The average Bonchev–Trinajstić information content (AvgIpc) is 2.50. The number of halogens is 3. The predicted molar refractivity (Wildman–Crippen MR) is 95.8 cm³/mol.